The van der Waals surface area contributed by atoms with Gasteiger partial charge in [0.05, 0.1) is 9.75 Å². The molecule has 0 aromatic carbocycles. The molecule has 0 fully saturated rings. The molecule has 0 unspecified atom stereocenters. The minimum Gasteiger partial charge on any atom is -0.297 e. The highest BCUT2D eigenvalue weighted by molar-refractivity contribution is 7.23. The van der Waals surface area contributed by atoms with E-state index in [0.717, 1.165) is 48.0 Å². The lowest BCUT2D eigenvalue weighted by Crippen LogP contribution is -1.89. The normalized spacial score (nSPS) is 11.0. The number of unbranched alkanes of at least 4 members (excludes halogenated alkanes) is 6. The molecule has 2 aromatic rings. The molecule has 0 amide bonds. The van der Waals surface area contributed by atoms with Gasteiger partial charge in [0, 0.05) is 9.75 Å². The fraction of sp³-hybridized carbons (Fsp3) is 0.545. The second-order valence-electron chi connectivity index (χ2n) is 6.86. The maximum absolute atomic E-state index is 11.3. The highest BCUT2D eigenvalue weighted by Gasteiger charge is 2.17. The van der Waals surface area contributed by atoms with Gasteiger partial charge in [-0.3, -0.25) is 9.59 Å². The number of hydrogen-bond donors (Lipinski definition) is 0. The van der Waals surface area contributed by atoms with Crippen LogP contribution in [0.15, 0.2) is 12.1 Å². The van der Waals surface area contributed by atoms with Crippen molar-refractivity contribution in [3.05, 3.63) is 33.0 Å². The summed E-state index contributed by atoms with van der Waals surface area (Å²) in [6.07, 6.45) is 13.7. The molecular formula is C22H30O2S2. The predicted octanol–water partition coefficient (Wildman–Crippen LogP) is 7.35. The number of carbonyl (C=O) groups excluding carboxylic acids is 2. The molecule has 0 radical (unpaired) electrons. The Bertz CT molecular complexity index is 637. The smallest absolute Gasteiger partial charge is 0.160 e. The highest BCUT2D eigenvalue weighted by Crippen LogP contribution is 2.40. The van der Waals surface area contributed by atoms with Crippen LogP contribution in [0.4, 0.5) is 0 Å². The van der Waals surface area contributed by atoms with Crippen LogP contribution in [-0.4, -0.2) is 12.6 Å². The Morgan fingerprint density at radius 3 is 1.46 bits per heavy atom. The van der Waals surface area contributed by atoms with Gasteiger partial charge in [-0.25, -0.2) is 0 Å². The van der Waals surface area contributed by atoms with E-state index < -0.39 is 0 Å². The summed E-state index contributed by atoms with van der Waals surface area (Å²) in [6.45, 7) is 4.44. The molecule has 0 saturated heterocycles. The number of carbonyl (C=O) groups is 2. The zero-order valence-electron chi connectivity index (χ0n) is 16.0. The third-order valence-electron chi connectivity index (χ3n) is 4.69. The Labute approximate surface area is 165 Å². The van der Waals surface area contributed by atoms with Crippen LogP contribution >= 0.6 is 22.7 Å². The van der Waals surface area contributed by atoms with Gasteiger partial charge >= 0.3 is 0 Å². The van der Waals surface area contributed by atoms with Crippen LogP contribution in [-0.2, 0) is 12.8 Å². The predicted molar refractivity (Wildman–Crippen MR) is 114 cm³/mol. The number of rotatable bonds is 13. The molecule has 2 aromatic heterocycles. The third-order valence-corrected chi connectivity index (χ3v) is 7.06. The van der Waals surface area contributed by atoms with Gasteiger partial charge in [-0.15, -0.1) is 22.7 Å². The number of aryl methyl sites for hydroxylation is 2. The monoisotopic (exact) mass is 390 g/mol. The largest absolute Gasteiger partial charge is 0.297 e. The third kappa shape index (κ3) is 5.88. The SMILES string of the molecule is CCCCCCc1cc(C=O)sc1-c1sc(C=O)cc1CCCCCC. The van der Waals surface area contributed by atoms with Gasteiger partial charge in [0.2, 0.25) is 0 Å². The van der Waals surface area contributed by atoms with Crippen molar-refractivity contribution in [1.82, 2.24) is 0 Å². The number of thiophene rings is 2. The Balaban J connectivity index is 2.24. The second-order valence-corrected chi connectivity index (χ2v) is 9.03. The van der Waals surface area contributed by atoms with E-state index in [1.54, 1.807) is 22.7 Å². The lowest BCUT2D eigenvalue weighted by Gasteiger charge is -2.06. The van der Waals surface area contributed by atoms with Crippen molar-refractivity contribution in [3.8, 4) is 9.75 Å². The van der Waals surface area contributed by atoms with Crippen LogP contribution in [0.3, 0.4) is 0 Å². The Hall–Kier alpha value is -1.26. The first kappa shape index (κ1) is 21.0. The van der Waals surface area contributed by atoms with Crippen LogP contribution in [0.1, 0.15) is 95.7 Å². The zero-order valence-corrected chi connectivity index (χ0v) is 17.6. The van der Waals surface area contributed by atoms with Gasteiger partial charge in [-0.05, 0) is 48.9 Å². The Kier molecular flexibility index (Phi) is 9.27. The van der Waals surface area contributed by atoms with Crippen molar-refractivity contribution >= 4 is 35.2 Å². The second kappa shape index (κ2) is 11.5. The van der Waals surface area contributed by atoms with Crippen LogP contribution in [0.25, 0.3) is 9.75 Å². The minimum atomic E-state index is 0.795. The summed E-state index contributed by atoms with van der Waals surface area (Å²) in [5.41, 5.74) is 2.56. The van der Waals surface area contributed by atoms with Gasteiger partial charge < -0.3 is 0 Å². The molecule has 0 atom stereocenters. The molecule has 0 aliphatic heterocycles. The summed E-state index contributed by atoms with van der Waals surface area (Å²) in [6, 6.07) is 4.11. The Morgan fingerprint density at radius 2 is 1.12 bits per heavy atom. The van der Waals surface area contributed by atoms with Crippen molar-refractivity contribution in [3.63, 3.8) is 0 Å². The van der Waals surface area contributed by atoms with E-state index in [9.17, 15) is 9.59 Å². The van der Waals surface area contributed by atoms with E-state index in [-0.39, 0.29) is 0 Å². The van der Waals surface area contributed by atoms with E-state index in [2.05, 4.69) is 26.0 Å². The molecular weight excluding hydrogens is 360 g/mol. The topological polar surface area (TPSA) is 34.1 Å². The highest BCUT2D eigenvalue weighted by atomic mass is 32.1. The first-order chi connectivity index (χ1) is 12.7. The molecule has 0 aliphatic carbocycles. The maximum Gasteiger partial charge on any atom is 0.160 e. The van der Waals surface area contributed by atoms with Crippen molar-refractivity contribution in [1.29, 1.82) is 0 Å². The number of hydrogen-bond acceptors (Lipinski definition) is 4. The minimum absolute atomic E-state index is 0.795. The summed E-state index contributed by atoms with van der Waals surface area (Å²) < 4.78 is 0. The molecule has 0 bridgehead atoms. The molecule has 26 heavy (non-hydrogen) atoms. The molecule has 0 N–H and O–H groups in total. The molecule has 2 rings (SSSR count). The summed E-state index contributed by atoms with van der Waals surface area (Å²) in [5.74, 6) is 0. The van der Waals surface area contributed by atoms with Crippen molar-refractivity contribution in [2.24, 2.45) is 0 Å². The van der Waals surface area contributed by atoms with E-state index >= 15 is 0 Å². The lowest BCUT2D eigenvalue weighted by molar-refractivity contribution is 0.111. The van der Waals surface area contributed by atoms with Gasteiger partial charge in [-0.2, -0.15) is 0 Å². The summed E-state index contributed by atoms with van der Waals surface area (Å²) in [7, 11) is 0. The van der Waals surface area contributed by atoms with E-state index in [1.165, 1.54) is 59.4 Å². The molecule has 4 heteroatoms. The van der Waals surface area contributed by atoms with Gasteiger partial charge in [0.1, 0.15) is 0 Å². The van der Waals surface area contributed by atoms with Crippen LogP contribution in [0.2, 0.25) is 0 Å². The zero-order chi connectivity index (χ0) is 18.8. The molecule has 0 aliphatic rings. The Morgan fingerprint density at radius 1 is 0.692 bits per heavy atom. The van der Waals surface area contributed by atoms with Crippen molar-refractivity contribution in [2.45, 2.75) is 78.1 Å². The average Bonchev–Trinajstić information content (AvgIpc) is 3.25. The fourth-order valence-corrected chi connectivity index (χ4v) is 5.51. The van der Waals surface area contributed by atoms with Gasteiger partial charge in [0.25, 0.3) is 0 Å². The van der Waals surface area contributed by atoms with E-state index in [4.69, 9.17) is 0 Å². The summed E-state index contributed by atoms with van der Waals surface area (Å²) in [5, 5.41) is 0. The van der Waals surface area contributed by atoms with Crippen LogP contribution in [0.5, 0.6) is 0 Å². The average molecular weight is 391 g/mol. The first-order valence-electron chi connectivity index (χ1n) is 9.89. The molecule has 0 saturated carbocycles. The van der Waals surface area contributed by atoms with Crippen LogP contribution < -0.4 is 0 Å². The van der Waals surface area contributed by atoms with E-state index in [1.807, 2.05) is 0 Å². The van der Waals surface area contributed by atoms with Crippen LogP contribution in [0, 0.1) is 0 Å². The molecule has 142 valence electrons. The lowest BCUT2D eigenvalue weighted by atomic mass is 10.0. The molecule has 2 nitrogen and oxygen atoms in total. The molecule has 0 spiro atoms. The first-order valence-corrected chi connectivity index (χ1v) is 11.5. The quantitative estimate of drug-likeness (QED) is 0.265. The molecule has 2 heterocycles. The van der Waals surface area contributed by atoms with Gasteiger partial charge in [0.15, 0.2) is 12.6 Å². The van der Waals surface area contributed by atoms with Gasteiger partial charge in [-0.1, -0.05) is 52.4 Å². The van der Waals surface area contributed by atoms with Crippen molar-refractivity contribution in [2.75, 3.05) is 0 Å². The number of aldehydes is 2. The standard InChI is InChI=1S/C22H30O2S2/c1-3-5-7-9-11-17-13-19(15-23)25-21(17)22-18(12-10-8-6-4-2)14-20(16-24)26-22/h13-16H,3-12H2,1-2H3. The fourth-order valence-electron chi connectivity index (χ4n) is 3.26. The summed E-state index contributed by atoms with van der Waals surface area (Å²) in [4.78, 5) is 26.7. The van der Waals surface area contributed by atoms with E-state index in [0.29, 0.717) is 0 Å². The summed E-state index contributed by atoms with van der Waals surface area (Å²) >= 11 is 3.17. The maximum atomic E-state index is 11.3. The van der Waals surface area contributed by atoms with Crippen molar-refractivity contribution < 1.29 is 9.59 Å².